The van der Waals surface area contributed by atoms with Gasteiger partial charge in [-0.3, -0.25) is 4.79 Å². The Morgan fingerprint density at radius 3 is 2.68 bits per heavy atom. The molecule has 0 aliphatic heterocycles. The Kier molecular flexibility index (Phi) is 3.85. The van der Waals surface area contributed by atoms with Gasteiger partial charge in [0.2, 0.25) is 0 Å². The fraction of sp³-hybridized carbons (Fsp3) is 0.308. The lowest BCUT2D eigenvalue weighted by molar-refractivity contribution is 0.809. The maximum Gasteiger partial charge on any atom is 0.256 e. The number of hydrogen-bond acceptors (Lipinski definition) is 4. The van der Waals surface area contributed by atoms with Crippen molar-refractivity contribution in [3.8, 4) is 0 Å². The lowest BCUT2D eigenvalue weighted by atomic mass is 10.1. The van der Waals surface area contributed by atoms with Gasteiger partial charge in [-0.05, 0) is 32.9 Å². The van der Waals surface area contributed by atoms with Crippen LogP contribution in [0.3, 0.4) is 0 Å². The summed E-state index contributed by atoms with van der Waals surface area (Å²) >= 11 is 5.83. The highest BCUT2D eigenvalue weighted by Crippen LogP contribution is 2.18. The third kappa shape index (κ3) is 3.12. The van der Waals surface area contributed by atoms with Crippen molar-refractivity contribution in [3.63, 3.8) is 0 Å². The van der Waals surface area contributed by atoms with Crippen molar-refractivity contribution < 1.29 is 0 Å². The van der Waals surface area contributed by atoms with E-state index in [1.165, 1.54) is 0 Å². The zero-order valence-corrected chi connectivity index (χ0v) is 11.7. The number of aryl methyl sites for hydroxylation is 2. The fourth-order valence-electron chi connectivity index (χ4n) is 2.03. The number of aromatic amines is 1. The van der Waals surface area contributed by atoms with Crippen molar-refractivity contribution in [3.05, 3.63) is 50.8 Å². The lowest BCUT2D eigenvalue weighted by Gasteiger charge is -2.16. The zero-order chi connectivity index (χ0) is 14.0. The number of H-pyrrole nitrogens is 1. The van der Waals surface area contributed by atoms with E-state index in [-0.39, 0.29) is 11.6 Å². The molecule has 0 radical (unpaired) electrons. The van der Waals surface area contributed by atoms with Crippen molar-refractivity contribution in [1.29, 1.82) is 0 Å². The van der Waals surface area contributed by atoms with Gasteiger partial charge in [-0.2, -0.15) is 0 Å². The van der Waals surface area contributed by atoms with Crippen LogP contribution in [0.4, 0.5) is 5.82 Å². The van der Waals surface area contributed by atoms with E-state index in [1.54, 1.807) is 25.1 Å². The molecule has 0 amide bonds. The Balaban J connectivity index is 2.30. The van der Waals surface area contributed by atoms with Crippen LogP contribution in [0.5, 0.6) is 0 Å². The minimum atomic E-state index is -0.206. The van der Waals surface area contributed by atoms with Gasteiger partial charge in [-0.25, -0.2) is 9.97 Å². The largest absolute Gasteiger partial charge is 0.363 e. The summed E-state index contributed by atoms with van der Waals surface area (Å²) in [6.45, 7) is 5.47. The van der Waals surface area contributed by atoms with Crippen molar-refractivity contribution in [1.82, 2.24) is 15.0 Å². The van der Waals surface area contributed by atoms with E-state index < -0.39 is 0 Å². The predicted molar refractivity (Wildman–Crippen MR) is 75.6 cm³/mol. The molecule has 6 heteroatoms. The van der Waals surface area contributed by atoms with E-state index in [2.05, 4.69) is 20.3 Å². The minimum Gasteiger partial charge on any atom is -0.363 e. The number of aromatic nitrogens is 3. The first-order valence-electron chi connectivity index (χ1n) is 5.94. The Bertz CT molecular complexity index is 653. The van der Waals surface area contributed by atoms with Gasteiger partial charge in [-0.15, -0.1) is 0 Å². The van der Waals surface area contributed by atoms with Gasteiger partial charge in [-0.1, -0.05) is 17.7 Å². The molecule has 2 aromatic heterocycles. The molecule has 2 rings (SSSR count). The number of halogens is 1. The molecule has 1 unspecified atom stereocenters. The molecule has 0 bridgehead atoms. The highest BCUT2D eigenvalue weighted by atomic mass is 35.5. The minimum absolute atomic E-state index is 0.132. The average Bonchev–Trinajstić information content (AvgIpc) is 2.27. The molecule has 0 aliphatic carbocycles. The molecule has 2 N–H and O–H groups in total. The third-order valence-electron chi connectivity index (χ3n) is 2.78. The number of anilines is 1. The third-order valence-corrected chi connectivity index (χ3v) is 2.99. The predicted octanol–water partition coefficient (Wildman–Crippen LogP) is 2.61. The van der Waals surface area contributed by atoms with Gasteiger partial charge in [0, 0.05) is 0 Å². The van der Waals surface area contributed by atoms with E-state index in [0.29, 0.717) is 28.1 Å². The van der Waals surface area contributed by atoms with Gasteiger partial charge < -0.3 is 10.3 Å². The molecule has 0 aliphatic rings. The Morgan fingerprint density at radius 1 is 1.32 bits per heavy atom. The van der Waals surface area contributed by atoms with Gasteiger partial charge in [0.1, 0.15) is 16.8 Å². The van der Waals surface area contributed by atoms with Crippen molar-refractivity contribution >= 4 is 17.4 Å². The highest BCUT2D eigenvalue weighted by molar-refractivity contribution is 6.29. The summed E-state index contributed by atoms with van der Waals surface area (Å²) in [6.07, 6.45) is 0. The Hall–Kier alpha value is -1.88. The van der Waals surface area contributed by atoms with E-state index in [1.807, 2.05) is 13.8 Å². The monoisotopic (exact) mass is 278 g/mol. The fourth-order valence-corrected chi connectivity index (χ4v) is 2.19. The van der Waals surface area contributed by atoms with E-state index in [0.717, 1.165) is 0 Å². The molecule has 100 valence electrons. The number of rotatable bonds is 3. The molecule has 0 saturated heterocycles. The van der Waals surface area contributed by atoms with E-state index in [9.17, 15) is 4.79 Å². The maximum atomic E-state index is 12.0. The Labute approximate surface area is 116 Å². The Morgan fingerprint density at radius 2 is 2.05 bits per heavy atom. The molecular weight excluding hydrogens is 264 g/mol. The maximum absolute atomic E-state index is 12.0. The average molecular weight is 279 g/mol. The number of nitrogens with zero attached hydrogens (tertiary/aromatic N) is 2. The second-order valence-corrected chi connectivity index (χ2v) is 4.75. The topological polar surface area (TPSA) is 70.7 Å². The van der Waals surface area contributed by atoms with Crippen LogP contribution in [0.15, 0.2) is 23.0 Å². The van der Waals surface area contributed by atoms with Crippen LogP contribution in [-0.4, -0.2) is 15.0 Å². The number of hydrogen-bond donors (Lipinski definition) is 2. The standard InChI is InChI=1S/C13H15ClN4O/c1-7-12(13(19)17-9(3)15-7)8(2)16-11-6-4-5-10(14)18-11/h4-6,8H,1-3H3,(H,16,18)(H,15,17,19). The summed E-state index contributed by atoms with van der Waals surface area (Å²) in [5.74, 6) is 1.23. The highest BCUT2D eigenvalue weighted by Gasteiger charge is 2.14. The quantitative estimate of drug-likeness (QED) is 0.847. The molecule has 1 atom stereocenters. The van der Waals surface area contributed by atoms with Crippen molar-refractivity contribution in [2.45, 2.75) is 26.8 Å². The molecule has 0 spiro atoms. The van der Waals surface area contributed by atoms with Crippen molar-refractivity contribution in [2.24, 2.45) is 0 Å². The number of pyridine rings is 1. The molecule has 0 fully saturated rings. The summed E-state index contributed by atoms with van der Waals surface area (Å²) in [7, 11) is 0. The van der Waals surface area contributed by atoms with Crippen molar-refractivity contribution in [2.75, 3.05) is 5.32 Å². The normalized spacial score (nSPS) is 12.2. The summed E-state index contributed by atoms with van der Waals surface area (Å²) in [6, 6.07) is 5.09. The second kappa shape index (κ2) is 5.40. The van der Waals surface area contributed by atoms with Gasteiger partial charge in [0.05, 0.1) is 17.3 Å². The van der Waals surface area contributed by atoms with Crippen LogP contribution in [0.1, 0.15) is 30.0 Å². The second-order valence-electron chi connectivity index (χ2n) is 4.36. The van der Waals surface area contributed by atoms with Crippen LogP contribution < -0.4 is 10.9 Å². The zero-order valence-electron chi connectivity index (χ0n) is 11.0. The van der Waals surface area contributed by atoms with E-state index >= 15 is 0 Å². The lowest BCUT2D eigenvalue weighted by Crippen LogP contribution is -2.23. The molecular formula is C13H15ClN4O. The molecule has 5 nitrogen and oxygen atoms in total. The SMILES string of the molecule is Cc1nc(C)c(C(C)Nc2cccc(Cl)n2)c(=O)[nH]1. The van der Waals surface area contributed by atoms with Gasteiger partial charge in [0.25, 0.3) is 5.56 Å². The van der Waals surface area contributed by atoms with E-state index in [4.69, 9.17) is 11.6 Å². The number of nitrogens with one attached hydrogen (secondary N) is 2. The first-order chi connectivity index (χ1) is 8.97. The molecule has 2 aromatic rings. The molecule has 0 aromatic carbocycles. The summed E-state index contributed by atoms with van der Waals surface area (Å²) < 4.78 is 0. The molecule has 0 saturated carbocycles. The summed E-state index contributed by atoms with van der Waals surface area (Å²) in [5, 5.41) is 3.55. The van der Waals surface area contributed by atoms with Crippen LogP contribution in [0.2, 0.25) is 5.15 Å². The summed E-state index contributed by atoms with van der Waals surface area (Å²) in [5.41, 5.74) is 1.18. The van der Waals surface area contributed by atoms with Gasteiger partial charge in [0.15, 0.2) is 0 Å². The summed E-state index contributed by atoms with van der Waals surface area (Å²) in [4.78, 5) is 23.1. The first kappa shape index (κ1) is 13.5. The smallest absolute Gasteiger partial charge is 0.256 e. The van der Waals surface area contributed by atoms with Crippen LogP contribution in [0.25, 0.3) is 0 Å². The van der Waals surface area contributed by atoms with Crippen LogP contribution >= 0.6 is 11.6 Å². The van der Waals surface area contributed by atoms with Crippen LogP contribution in [-0.2, 0) is 0 Å². The first-order valence-corrected chi connectivity index (χ1v) is 6.31. The molecule has 19 heavy (non-hydrogen) atoms. The molecule has 2 heterocycles. The van der Waals surface area contributed by atoms with Crippen LogP contribution in [0, 0.1) is 13.8 Å². The van der Waals surface area contributed by atoms with Gasteiger partial charge >= 0.3 is 0 Å².